The molecule has 126 valence electrons. The first-order chi connectivity index (χ1) is 12.8. The highest BCUT2D eigenvalue weighted by atomic mass is 35.5. The molecule has 0 aliphatic carbocycles. The maximum atomic E-state index is 6.10. The highest BCUT2D eigenvalue weighted by Crippen LogP contribution is 2.18. The number of anilines is 1. The van der Waals surface area contributed by atoms with Crippen LogP contribution in [0.1, 0.15) is 5.56 Å². The summed E-state index contributed by atoms with van der Waals surface area (Å²) < 4.78 is 0. The molecule has 0 amide bonds. The zero-order valence-corrected chi connectivity index (χ0v) is 14.5. The van der Waals surface area contributed by atoms with E-state index in [1.54, 1.807) is 18.6 Å². The van der Waals surface area contributed by atoms with Gasteiger partial charge in [0.2, 0.25) is 0 Å². The van der Waals surface area contributed by atoms with Gasteiger partial charge >= 0.3 is 0 Å². The summed E-state index contributed by atoms with van der Waals surface area (Å²) in [6.45, 7) is 0.627. The van der Waals surface area contributed by atoms with Crippen molar-refractivity contribution in [2.24, 2.45) is 9.98 Å². The van der Waals surface area contributed by atoms with E-state index in [4.69, 9.17) is 21.6 Å². The van der Waals surface area contributed by atoms with Crippen LogP contribution in [0.3, 0.4) is 0 Å². The Morgan fingerprint density at radius 1 is 1.19 bits per heavy atom. The lowest BCUT2D eigenvalue weighted by atomic mass is 10.1. The minimum Gasteiger partial charge on any atom is -0.365 e. The van der Waals surface area contributed by atoms with Gasteiger partial charge in [-0.1, -0.05) is 23.7 Å². The summed E-state index contributed by atoms with van der Waals surface area (Å²) in [4.78, 5) is 18.1. The molecular formula is C20H14ClN5. The van der Waals surface area contributed by atoms with Crippen LogP contribution >= 0.6 is 11.6 Å². The summed E-state index contributed by atoms with van der Waals surface area (Å²) in [5, 5.41) is 7.17. The molecule has 6 heteroatoms. The van der Waals surface area contributed by atoms with Crippen molar-refractivity contribution in [1.29, 1.82) is 0 Å². The van der Waals surface area contributed by atoms with E-state index in [1.165, 1.54) is 0 Å². The van der Waals surface area contributed by atoms with E-state index >= 15 is 0 Å². The van der Waals surface area contributed by atoms with Gasteiger partial charge in [0, 0.05) is 40.8 Å². The third-order valence-corrected chi connectivity index (χ3v) is 4.79. The van der Waals surface area contributed by atoms with Crippen LogP contribution in [0, 0.1) is 0 Å². The number of nitrogens with one attached hydrogen (secondary N) is 1. The number of hydrogen-bond acceptors (Lipinski definition) is 5. The summed E-state index contributed by atoms with van der Waals surface area (Å²) in [5.74, 6) is 0.807. The van der Waals surface area contributed by atoms with E-state index in [1.807, 2.05) is 42.6 Å². The fourth-order valence-corrected chi connectivity index (χ4v) is 3.59. The maximum absolute atomic E-state index is 6.10. The van der Waals surface area contributed by atoms with Crippen molar-refractivity contribution >= 4 is 40.1 Å². The van der Waals surface area contributed by atoms with Gasteiger partial charge in [-0.2, -0.15) is 0 Å². The smallest absolute Gasteiger partial charge is 0.136 e. The van der Waals surface area contributed by atoms with Crippen molar-refractivity contribution < 1.29 is 0 Å². The molecule has 5 rings (SSSR count). The molecule has 1 N–H and O–H groups in total. The molecule has 2 aliphatic heterocycles. The third kappa shape index (κ3) is 2.48. The summed E-state index contributed by atoms with van der Waals surface area (Å²) in [7, 11) is 0. The van der Waals surface area contributed by atoms with Gasteiger partial charge in [-0.15, -0.1) is 0 Å². The predicted molar refractivity (Wildman–Crippen MR) is 104 cm³/mol. The molecule has 0 saturated heterocycles. The lowest BCUT2D eigenvalue weighted by Crippen LogP contribution is -2.29. The van der Waals surface area contributed by atoms with Crippen LogP contribution in [0.2, 0.25) is 5.02 Å². The van der Waals surface area contributed by atoms with Crippen molar-refractivity contribution in [3.63, 3.8) is 0 Å². The molecule has 0 radical (unpaired) electrons. The van der Waals surface area contributed by atoms with E-state index in [0.717, 1.165) is 43.5 Å². The summed E-state index contributed by atoms with van der Waals surface area (Å²) >= 11 is 6.10. The summed E-state index contributed by atoms with van der Waals surface area (Å²) in [6.07, 6.45) is 9.22. The van der Waals surface area contributed by atoms with Crippen LogP contribution < -0.4 is 15.9 Å². The average molecular weight is 360 g/mol. The first-order valence-corrected chi connectivity index (χ1v) is 8.71. The molecule has 3 aromatic rings. The second-order valence-electron chi connectivity index (χ2n) is 6.20. The van der Waals surface area contributed by atoms with Gasteiger partial charge in [-0.3, -0.25) is 15.0 Å². The Bertz CT molecular complexity index is 1210. The van der Waals surface area contributed by atoms with Crippen LogP contribution in [0.15, 0.2) is 65.0 Å². The van der Waals surface area contributed by atoms with E-state index < -0.39 is 0 Å². The van der Waals surface area contributed by atoms with Crippen LogP contribution in [0.5, 0.6) is 0 Å². The van der Waals surface area contributed by atoms with Crippen molar-refractivity contribution in [3.8, 4) is 0 Å². The van der Waals surface area contributed by atoms with E-state index in [2.05, 4.69) is 15.3 Å². The van der Waals surface area contributed by atoms with Crippen LogP contribution in [0.4, 0.5) is 5.82 Å². The van der Waals surface area contributed by atoms with Gasteiger partial charge in [0.25, 0.3) is 0 Å². The third-order valence-electron chi connectivity index (χ3n) is 4.55. The Kier molecular flexibility index (Phi) is 3.53. The van der Waals surface area contributed by atoms with Gasteiger partial charge in [0.1, 0.15) is 11.9 Å². The Hall–Kier alpha value is -3.05. The van der Waals surface area contributed by atoms with Crippen LogP contribution in [-0.2, 0) is 6.54 Å². The van der Waals surface area contributed by atoms with E-state index in [9.17, 15) is 0 Å². The molecule has 1 aromatic carbocycles. The fourth-order valence-electron chi connectivity index (χ4n) is 3.37. The number of rotatable bonds is 3. The Morgan fingerprint density at radius 3 is 3.08 bits per heavy atom. The minimum absolute atomic E-state index is 0.0534. The number of aromatic nitrogens is 2. The Labute approximate surface area is 154 Å². The maximum Gasteiger partial charge on any atom is 0.136 e. The summed E-state index contributed by atoms with van der Waals surface area (Å²) in [5.41, 5.74) is 3.04. The molecule has 4 heterocycles. The first kappa shape index (κ1) is 15.2. The van der Waals surface area contributed by atoms with Crippen molar-refractivity contribution in [1.82, 2.24) is 9.97 Å². The zero-order valence-electron chi connectivity index (χ0n) is 13.7. The monoisotopic (exact) mass is 359 g/mol. The number of hydrogen-bond donors (Lipinski definition) is 1. The number of nitrogens with zero attached hydrogens (tertiary/aromatic N) is 4. The SMILES string of the molecule is Clc1cccc(CNc2nc3cnccc3c3c2=C2C=CN=CC2N=3)c1. The number of aliphatic imine (C=N–C) groups is 1. The molecule has 0 saturated carbocycles. The fraction of sp³-hybridized carbons (Fsp3) is 0.100. The van der Waals surface area contributed by atoms with Crippen LogP contribution in [0.25, 0.3) is 16.5 Å². The van der Waals surface area contributed by atoms with Crippen molar-refractivity contribution in [2.45, 2.75) is 12.6 Å². The molecule has 5 nitrogen and oxygen atoms in total. The first-order valence-electron chi connectivity index (χ1n) is 8.33. The van der Waals surface area contributed by atoms with Gasteiger partial charge in [0.15, 0.2) is 0 Å². The topological polar surface area (TPSA) is 62.5 Å². The molecule has 0 fully saturated rings. The van der Waals surface area contributed by atoms with Gasteiger partial charge in [-0.05, 0) is 35.4 Å². The molecule has 1 atom stereocenters. The standard InChI is InChI=1S/C20H14ClN5/c21-13-3-1-2-12(8-13)9-24-20-18-14-4-6-22-10-16(14)25-19(18)15-5-7-23-11-17(15)26-20/h1-8,10-11,16H,9H2,(H,24,26). The second kappa shape index (κ2) is 6.04. The van der Waals surface area contributed by atoms with Crippen molar-refractivity contribution in [3.05, 3.63) is 76.2 Å². The molecular weight excluding hydrogens is 346 g/mol. The molecule has 2 aliphatic rings. The number of benzene rings is 1. The molecule has 0 spiro atoms. The average Bonchev–Trinajstić information content (AvgIpc) is 3.06. The largest absolute Gasteiger partial charge is 0.365 e. The quantitative estimate of drug-likeness (QED) is 0.782. The lowest BCUT2D eigenvalue weighted by Gasteiger charge is -2.10. The van der Waals surface area contributed by atoms with Gasteiger partial charge in [-0.25, -0.2) is 4.98 Å². The Balaban J connectivity index is 1.68. The van der Waals surface area contributed by atoms with Gasteiger partial charge < -0.3 is 5.32 Å². The molecule has 1 unspecified atom stereocenters. The molecule has 0 bridgehead atoms. The van der Waals surface area contributed by atoms with E-state index in [-0.39, 0.29) is 6.04 Å². The molecule has 26 heavy (non-hydrogen) atoms. The predicted octanol–water partition coefficient (Wildman–Crippen LogP) is 2.65. The second-order valence-corrected chi connectivity index (χ2v) is 6.64. The normalized spacial score (nSPS) is 17.1. The highest BCUT2D eigenvalue weighted by Gasteiger charge is 2.22. The number of halogens is 1. The highest BCUT2D eigenvalue weighted by molar-refractivity contribution is 6.30. The number of pyridine rings is 2. The van der Waals surface area contributed by atoms with Crippen molar-refractivity contribution in [2.75, 3.05) is 5.32 Å². The summed E-state index contributed by atoms with van der Waals surface area (Å²) in [6, 6.07) is 9.71. The molecule has 2 aromatic heterocycles. The minimum atomic E-state index is -0.0534. The van der Waals surface area contributed by atoms with Gasteiger partial charge in [0.05, 0.1) is 17.1 Å². The Morgan fingerprint density at radius 2 is 2.15 bits per heavy atom. The lowest BCUT2D eigenvalue weighted by molar-refractivity contribution is 1.09. The zero-order chi connectivity index (χ0) is 17.5. The van der Waals surface area contributed by atoms with E-state index in [0.29, 0.717) is 6.54 Å². The van der Waals surface area contributed by atoms with Crippen LogP contribution in [-0.4, -0.2) is 22.2 Å². The number of fused-ring (bicyclic) bond motifs is 4.